The molecule has 2 unspecified atom stereocenters. The zero-order valence-electron chi connectivity index (χ0n) is 15.9. The van der Waals surface area contributed by atoms with E-state index in [1.807, 2.05) is 12.1 Å². The molecule has 0 amide bonds. The minimum absolute atomic E-state index is 0.0346. The molecule has 0 bridgehead atoms. The maximum Gasteiger partial charge on any atom is 0.162 e. The number of aryl methyl sites for hydroxylation is 3. The Hall–Kier alpha value is -1.97. The van der Waals surface area contributed by atoms with Gasteiger partial charge in [-0.25, -0.2) is 0 Å². The van der Waals surface area contributed by atoms with Crippen molar-refractivity contribution in [2.24, 2.45) is 0 Å². The van der Waals surface area contributed by atoms with E-state index in [0.717, 1.165) is 37.7 Å². The SMILES string of the molecule is O=C(CCC1COC(CCc2ccccc2)O1)c1ccc2c(c1)CCCC2. The van der Waals surface area contributed by atoms with E-state index in [2.05, 4.69) is 36.4 Å². The molecule has 2 aliphatic rings. The fourth-order valence-electron chi connectivity index (χ4n) is 4.08. The van der Waals surface area contributed by atoms with Crippen LogP contribution in [-0.4, -0.2) is 24.8 Å². The normalized spacial score (nSPS) is 21.8. The molecule has 0 aromatic heterocycles. The summed E-state index contributed by atoms with van der Waals surface area (Å²) in [5.74, 6) is 0.222. The van der Waals surface area contributed by atoms with Gasteiger partial charge in [-0.2, -0.15) is 0 Å². The van der Waals surface area contributed by atoms with Crippen molar-refractivity contribution in [3.05, 3.63) is 70.8 Å². The lowest BCUT2D eigenvalue weighted by Gasteiger charge is -2.16. The number of fused-ring (bicyclic) bond motifs is 1. The first-order valence-electron chi connectivity index (χ1n) is 10.2. The standard InChI is InChI=1S/C24H28O3/c25-23(21-12-11-19-8-4-5-9-20(19)16-21)14-13-22-17-26-24(27-22)15-10-18-6-2-1-3-7-18/h1-3,6-7,11-12,16,22,24H,4-5,8-10,13-15,17H2. The van der Waals surface area contributed by atoms with Gasteiger partial charge in [0, 0.05) is 18.4 Å². The Balaban J connectivity index is 1.23. The lowest BCUT2D eigenvalue weighted by atomic mass is 9.89. The summed E-state index contributed by atoms with van der Waals surface area (Å²) in [7, 11) is 0. The molecule has 4 rings (SSSR count). The average Bonchev–Trinajstić information content (AvgIpc) is 3.19. The highest BCUT2D eigenvalue weighted by molar-refractivity contribution is 5.96. The van der Waals surface area contributed by atoms with Crippen molar-refractivity contribution in [1.29, 1.82) is 0 Å². The summed E-state index contributed by atoms with van der Waals surface area (Å²) < 4.78 is 11.8. The monoisotopic (exact) mass is 364 g/mol. The summed E-state index contributed by atoms with van der Waals surface area (Å²) in [4.78, 5) is 12.6. The van der Waals surface area contributed by atoms with Gasteiger partial charge in [0.25, 0.3) is 0 Å². The molecule has 1 saturated heterocycles. The van der Waals surface area contributed by atoms with Crippen molar-refractivity contribution in [2.75, 3.05) is 6.61 Å². The molecule has 0 radical (unpaired) electrons. The van der Waals surface area contributed by atoms with Crippen molar-refractivity contribution < 1.29 is 14.3 Å². The third kappa shape index (κ3) is 4.85. The van der Waals surface area contributed by atoms with Gasteiger partial charge in [0.05, 0.1) is 12.7 Å². The topological polar surface area (TPSA) is 35.5 Å². The maximum absolute atomic E-state index is 12.6. The van der Waals surface area contributed by atoms with Gasteiger partial charge < -0.3 is 9.47 Å². The lowest BCUT2D eigenvalue weighted by Crippen LogP contribution is -2.15. The number of hydrogen-bond acceptors (Lipinski definition) is 3. The van der Waals surface area contributed by atoms with Crippen molar-refractivity contribution in [1.82, 2.24) is 0 Å². The fraction of sp³-hybridized carbons (Fsp3) is 0.458. The van der Waals surface area contributed by atoms with Crippen molar-refractivity contribution >= 4 is 5.78 Å². The van der Waals surface area contributed by atoms with Gasteiger partial charge in [0.1, 0.15) is 0 Å². The Morgan fingerprint density at radius 3 is 2.63 bits per heavy atom. The number of Topliss-reactive ketones (excluding diaryl/α,β-unsaturated/α-hetero) is 1. The number of carbonyl (C=O) groups excluding carboxylic acids is 1. The van der Waals surface area contributed by atoms with Crippen LogP contribution in [0, 0.1) is 0 Å². The fourth-order valence-corrected chi connectivity index (χ4v) is 4.08. The molecule has 2 aromatic carbocycles. The van der Waals surface area contributed by atoms with Gasteiger partial charge in [-0.3, -0.25) is 4.79 Å². The predicted molar refractivity (Wildman–Crippen MR) is 106 cm³/mol. The Bertz CT molecular complexity index is 768. The van der Waals surface area contributed by atoms with Crippen LogP contribution in [0.2, 0.25) is 0 Å². The predicted octanol–water partition coefficient (Wildman–Crippen LogP) is 4.90. The smallest absolute Gasteiger partial charge is 0.162 e. The van der Waals surface area contributed by atoms with E-state index >= 15 is 0 Å². The molecule has 142 valence electrons. The number of ketones is 1. The molecule has 1 aliphatic heterocycles. The number of rotatable bonds is 7. The Morgan fingerprint density at radius 1 is 0.963 bits per heavy atom. The zero-order valence-corrected chi connectivity index (χ0v) is 15.9. The second-order valence-electron chi connectivity index (χ2n) is 7.70. The van der Waals surface area contributed by atoms with Crippen molar-refractivity contribution in [3.8, 4) is 0 Å². The Kier molecular flexibility index (Phi) is 6.00. The van der Waals surface area contributed by atoms with Gasteiger partial charge in [-0.05, 0) is 61.3 Å². The van der Waals surface area contributed by atoms with E-state index in [1.54, 1.807) is 0 Å². The highest BCUT2D eigenvalue weighted by atomic mass is 16.7. The second-order valence-corrected chi connectivity index (χ2v) is 7.70. The number of ether oxygens (including phenoxy) is 2. The van der Waals surface area contributed by atoms with Crippen molar-refractivity contribution in [2.45, 2.75) is 63.8 Å². The van der Waals surface area contributed by atoms with Crippen LogP contribution in [-0.2, 0) is 28.7 Å². The van der Waals surface area contributed by atoms with Gasteiger partial charge in [0.15, 0.2) is 12.1 Å². The van der Waals surface area contributed by atoms with E-state index in [9.17, 15) is 4.79 Å². The van der Waals surface area contributed by atoms with Gasteiger partial charge in [-0.1, -0.05) is 42.5 Å². The number of carbonyl (C=O) groups is 1. The molecule has 2 atom stereocenters. The van der Waals surface area contributed by atoms with Crippen LogP contribution < -0.4 is 0 Å². The first-order chi connectivity index (χ1) is 13.3. The molecule has 1 fully saturated rings. The van der Waals surface area contributed by atoms with Crippen LogP contribution in [0.3, 0.4) is 0 Å². The van der Waals surface area contributed by atoms with Crippen LogP contribution in [0.4, 0.5) is 0 Å². The van der Waals surface area contributed by atoms with Gasteiger partial charge in [-0.15, -0.1) is 0 Å². The van der Waals surface area contributed by atoms with E-state index in [-0.39, 0.29) is 18.2 Å². The van der Waals surface area contributed by atoms with E-state index in [4.69, 9.17) is 9.47 Å². The Labute approximate surface area is 161 Å². The summed E-state index contributed by atoms with van der Waals surface area (Å²) >= 11 is 0. The summed E-state index contributed by atoms with van der Waals surface area (Å²) in [6.07, 6.45) is 7.73. The molecular weight excluding hydrogens is 336 g/mol. The summed E-state index contributed by atoms with van der Waals surface area (Å²) in [6.45, 7) is 0.594. The molecule has 1 aliphatic carbocycles. The Morgan fingerprint density at radius 2 is 1.78 bits per heavy atom. The van der Waals surface area contributed by atoms with Crippen LogP contribution in [0.5, 0.6) is 0 Å². The third-order valence-electron chi connectivity index (χ3n) is 5.69. The average molecular weight is 364 g/mol. The maximum atomic E-state index is 12.6. The van der Waals surface area contributed by atoms with Crippen LogP contribution in [0.25, 0.3) is 0 Å². The summed E-state index contributed by atoms with van der Waals surface area (Å²) in [5.41, 5.74) is 4.95. The minimum atomic E-state index is -0.144. The number of benzene rings is 2. The summed E-state index contributed by atoms with van der Waals surface area (Å²) in [5, 5.41) is 0. The largest absolute Gasteiger partial charge is 0.350 e. The first kappa shape index (κ1) is 18.4. The lowest BCUT2D eigenvalue weighted by molar-refractivity contribution is -0.0624. The zero-order chi connectivity index (χ0) is 18.5. The number of hydrogen-bond donors (Lipinski definition) is 0. The molecule has 0 spiro atoms. The molecular formula is C24H28O3. The summed E-state index contributed by atoms with van der Waals surface area (Å²) in [6, 6.07) is 16.7. The molecule has 27 heavy (non-hydrogen) atoms. The van der Waals surface area contributed by atoms with Gasteiger partial charge in [0.2, 0.25) is 0 Å². The first-order valence-corrected chi connectivity index (χ1v) is 10.2. The van der Waals surface area contributed by atoms with Gasteiger partial charge >= 0.3 is 0 Å². The second kappa shape index (κ2) is 8.81. The highest BCUT2D eigenvalue weighted by Crippen LogP contribution is 2.24. The third-order valence-corrected chi connectivity index (χ3v) is 5.69. The van der Waals surface area contributed by atoms with E-state index < -0.39 is 0 Å². The van der Waals surface area contributed by atoms with E-state index in [0.29, 0.717) is 13.0 Å². The van der Waals surface area contributed by atoms with Crippen LogP contribution >= 0.6 is 0 Å². The highest BCUT2D eigenvalue weighted by Gasteiger charge is 2.26. The quantitative estimate of drug-likeness (QED) is 0.655. The van der Waals surface area contributed by atoms with Crippen molar-refractivity contribution in [3.63, 3.8) is 0 Å². The molecule has 3 heteroatoms. The molecule has 3 nitrogen and oxygen atoms in total. The van der Waals surface area contributed by atoms with Crippen LogP contribution in [0.15, 0.2) is 48.5 Å². The minimum Gasteiger partial charge on any atom is -0.350 e. The molecule has 1 heterocycles. The molecule has 0 saturated carbocycles. The van der Waals surface area contributed by atoms with Crippen LogP contribution in [0.1, 0.15) is 59.2 Å². The molecule has 0 N–H and O–H groups in total. The molecule has 2 aromatic rings. The van der Waals surface area contributed by atoms with E-state index in [1.165, 1.54) is 29.5 Å².